The van der Waals surface area contributed by atoms with E-state index in [0.29, 0.717) is 18.4 Å². The summed E-state index contributed by atoms with van der Waals surface area (Å²) >= 11 is 0. The van der Waals surface area contributed by atoms with Gasteiger partial charge in [-0.15, -0.1) is 0 Å². The van der Waals surface area contributed by atoms with Crippen LogP contribution in [-0.4, -0.2) is 12.4 Å². The van der Waals surface area contributed by atoms with E-state index in [1.165, 1.54) is 12.1 Å². The van der Waals surface area contributed by atoms with Crippen LogP contribution in [0.5, 0.6) is 0 Å². The normalized spacial score (nSPS) is 19.5. The van der Waals surface area contributed by atoms with Gasteiger partial charge in [-0.05, 0) is 24.0 Å². The Hall–Kier alpha value is -1.24. The van der Waals surface area contributed by atoms with Gasteiger partial charge in [0.2, 0.25) is 0 Å². The molecule has 7 heteroatoms. The van der Waals surface area contributed by atoms with Crippen LogP contribution in [0.3, 0.4) is 0 Å². The first-order valence-corrected chi connectivity index (χ1v) is 7.07. The minimum absolute atomic E-state index is 0.596. The molecular formula is C15H17F6N. The Morgan fingerprint density at radius 3 is 1.68 bits per heavy atom. The van der Waals surface area contributed by atoms with Gasteiger partial charge in [0.1, 0.15) is 0 Å². The molecule has 124 valence electrons. The molecule has 1 aliphatic rings. The van der Waals surface area contributed by atoms with Crippen LogP contribution in [0, 0.1) is 0 Å². The summed E-state index contributed by atoms with van der Waals surface area (Å²) in [6.07, 6.45) is -6.50. The molecule has 1 aliphatic carbocycles. The summed E-state index contributed by atoms with van der Waals surface area (Å²) in [5, 5.41) is 0. The van der Waals surface area contributed by atoms with Gasteiger partial charge < -0.3 is 5.73 Å². The summed E-state index contributed by atoms with van der Waals surface area (Å²) < 4.78 is 76.1. The molecule has 0 saturated heterocycles. The fourth-order valence-corrected chi connectivity index (χ4v) is 3.04. The molecule has 0 aliphatic heterocycles. The zero-order valence-electron chi connectivity index (χ0n) is 11.8. The van der Waals surface area contributed by atoms with Gasteiger partial charge in [0.15, 0.2) is 5.92 Å². The standard InChI is InChI=1S/C15H17F6N/c16-14(17,18)12(15(19,20)21)10-4-6-11(7-5-10)13(22)8-2-1-3-9-13/h4-7,12H,1-3,8-9,22H2. The summed E-state index contributed by atoms with van der Waals surface area (Å²) in [7, 11) is 0. The molecule has 1 aromatic rings. The lowest BCUT2D eigenvalue weighted by molar-refractivity contribution is -0.253. The van der Waals surface area contributed by atoms with Gasteiger partial charge in [-0.1, -0.05) is 43.5 Å². The molecule has 1 saturated carbocycles. The maximum atomic E-state index is 12.7. The summed E-state index contributed by atoms with van der Waals surface area (Å²) in [4.78, 5) is 0. The van der Waals surface area contributed by atoms with Crippen molar-refractivity contribution >= 4 is 0 Å². The van der Waals surface area contributed by atoms with E-state index < -0.39 is 29.4 Å². The van der Waals surface area contributed by atoms with Gasteiger partial charge in [0.25, 0.3) is 0 Å². The predicted molar refractivity (Wildman–Crippen MR) is 70.2 cm³/mol. The van der Waals surface area contributed by atoms with E-state index in [2.05, 4.69) is 0 Å². The molecule has 1 aromatic carbocycles. The second kappa shape index (κ2) is 5.76. The Morgan fingerprint density at radius 1 is 0.818 bits per heavy atom. The first-order valence-electron chi connectivity index (χ1n) is 7.07. The van der Waals surface area contributed by atoms with E-state index in [-0.39, 0.29) is 0 Å². The van der Waals surface area contributed by atoms with Gasteiger partial charge in [0.05, 0.1) is 0 Å². The summed E-state index contributed by atoms with van der Waals surface area (Å²) in [5.41, 5.74) is 5.38. The van der Waals surface area contributed by atoms with Crippen molar-refractivity contribution in [1.29, 1.82) is 0 Å². The monoisotopic (exact) mass is 325 g/mol. The lowest BCUT2D eigenvalue weighted by Crippen LogP contribution is -2.38. The van der Waals surface area contributed by atoms with Crippen LogP contribution in [0.2, 0.25) is 0 Å². The number of hydrogen-bond donors (Lipinski definition) is 1. The number of nitrogens with two attached hydrogens (primary N) is 1. The quantitative estimate of drug-likeness (QED) is 0.760. The molecule has 0 aromatic heterocycles. The van der Waals surface area contributed by atoms with Crippen molar-refractivity contribution in [2.45, 2.75) is 55.9 Å². The lowest BCUT2D eigenvalue weighted by Gasteiger charge is -2.34. The van der Waals surface area contributed by atoms with E-state index in [0.717, 1.165) is 31.4 Å². The molecule has 0 unspecified atom stereocenters. The van der Waals surface area contributed by atoms with Crippen molar-refractivity contribution in [2.24, 2.45) is 5.73 Å². The summed E-state index contributed by atoms with van der Waals surface area (Å²) in [6, 6.07) is 4.38. The Bertz CT molecular complexity index is 482. The molecule has 0 atom stereocenters. The number of rotatable bonds is 2. The third kappa shape index (κ3) is 3.56. The predicted octanol–water partition coefficient (Wildman–Crippen LogP) is 5.01. The van der Waals surface area contributed by atoms with Crippen molar-refractivity contribution in [1.82, 2.24) is 0 Å². The highest BCUT2D eigenvalue weighted by Crippen LogP contribution is 2.46. The highest BCUT2D eigenvalue weighted by Gasteiger charge is 2.57. The average Bonchev–Trinajstić information content (AvgIpc) is 2.37. The third-order valence-electron chi connectivity index (χ3n) is 4.22. The van der Waals surface area contributed by atoms with Crippen LogP contribution in [0.4, 0.5) is 26.3 Å². The van der Waals surface area contributed by atoms with Crippen LogP contribution in [-0.2, 0) is 5.54 Å². The number of halogens is 6. The van der Waals surface area contributed by atoms with Crippen molar-refractivity contribution in [3.63, 3.8) is 0 Å². The van der Waals surface area contributed by atoms with Gasteiger partial charge in [-0.2, -0.15) is 26.3 Å². The number of alkyl halides is 6. The molecule has 2 rings (SSSR count). The van der Waals surface area contributed by atoms with Crippen LogP contribution >= 0.6 is 0 Å². The van der Waals surface area contributed by atoms with Gasteiger partial charge >= 0.3 is 12.4 Å². The SMILES string of the molecule is NC1(c2ccc(C(C(F)(F)F)C(F)(F)F)cc2)CCCCC1. The molecule has 0 spiro atoms. The first kappa shape index (κ1) is 17.1. The Balaban J connectivity index is 2.31. The van der Waals surface area contributed by atoms with E-state index in [4.69, 9.17) is 5.73 Å². The zero-order valence-corrected chi connectivity index (χ0v) is 11.8. The fraction of sp³-hybridized carbons (Fsp3) is 0.600. The molecule has 22 heavy (non-hydrogen) atoms. The lowest BCUT2D eigenvalue weighted by atomic mass is 9.77. The van der Waals surface area contributed by atoms with Crippen molar-refractivity contribution in [3.05, 3.63) is 35.4 Å². The zero-order chi connectivity index (χ0) is 16.6. The highest BCUT2D eigenvalue weighted by molar-refractivity contribution is 5.32. The molecule has 1 fully saturated rings. The second-order valence-corrected chi connectivity index (χ2v) is 5.86. The summed E-state index contributed by atoms with van der Waals surface area (Å²) in [5.74, 6) is -3.46. The molecule has 1 nitrogen and oxygen atoms in total. The third-order valence-corrected chi connectivity index (χ3v) is 4.22. The highest BCUT2D eigenvalue weighted by atomic mass is 19.4. The van der Waals surface area contributed by atoms with Gasteiger partial charge in [-0.25, -0.2) is 0 Å². The Morgan fingerprint density at radius 2 is 1.27 bits per heavy atom. The molecule has 0 bridgehead atoms. The van der Waals surface area contributed by atoms with Crippen LogP contribution < -0.4 is 5.73 Å². The first-order chi connectivity index (χ1) is 10.0. The maximum Gasteiger partial charge on any atom is 0.404 e. The topological polar surface area (TPSA) is 26.0 Å². The van der Waals surface area contributed by atoms with Gasteiger partial charge in [-0.3, -0.25) is 0 Å². The van der Waals surface area contributed by atoms with Crippen molar-refractivity contribution < 1.29 is 26.3 Å². The van der Waals surface area contributed by atoms with E-state index in [1.54, 1.807) is 0 Å². The van der Waals surface area contributed by atoms with Crippen LogP contribution in [0.1, 0.15) is 49.1 Å². The van der Waals surface area contributed by atoms with Gasteiger partial charge in [0, 0.05) is 5.54 Å². The smallest absolute Gasteiger partial charge is 0.321 e. The molecule has 0 radical (unpaired) electrons. The molecule has 0 heterocycles. The minimum Gasteiger partial charge on any atom is -0.321 e. The maximum absolute atomic E-state index is 12.7. The Kier molecular flexibility index (Phi) is 4.48. The molecule has 2 N–H and O–H groups in total. The average molecular weight is 325 g/mol. The minimum atomic E-state index is -5.37. The van der Waals surface area contributed by atoms with Crippen LogP contribution in [0.25, 0.3) is 0 Å². The largest absolute Gasteiger partial charge is 0.404 e. The summed E-state index contributed by atoms with van der Waals surface area (Å²) in [6.45, 7) is 0. The van der Waals surface area contributed by atoms with Crippen molar-refractivity contribution in [2.75, 3.05) is 0 Å². The van der Waals surface area contributed by atoms with Crippen LogP contribution in [0.15, 0.2) is 24.3 Å². The van der Waals surface area contributed by atoms with E-state index in [1.807, 2.05) is 0 Å². The number of benzene rings is 1. The number of hydrogen-bond acceptors (Lipinski definition) is 1. The molecular weight excluding hydrogens is 308 g/mol. The fourth-order valence-electron chi connectivity index (χ4n) is 3.04. The van der Waals surface area contributed by atoms with Crippen molar-refractivity contribution in [3.8, 4) is 0 Å². The van der Waals surface area contributed by atoms with E-state index >= 15 is 0 Å². The van der Waals surface area contributed by atoms with E-state index in [9.17, 15) is 26.3 Å². The second-order valence-electron chi connectivity index (χ2n) is 5.86. The molecule has 0 amide bonds. The Labute approximate surface area is 124 Å².